The van der Waals surface area contributed by atoms with Crippen LogP contribution in [0.4, 0.5) is 31.1 Å². The van der Waals surface area contributed by atoms with Gasteiger partial charge in [0.15, 0.2) is 5.54 Å². The SMILES string of the molecule is CC(C)(C)OC(=O)N[C@@](C)(C(=O)O)c1ccc(OS(=O)(=O)C(F)(F)F)cc1.O=S(=O)(O)C(F)(F)F. The second-order valence-corrected chi connectivity index (χ2v) is 10.4. The van der Waals surface area contributed by atoms with Crippen LogP contribution in [0.3, 0.4) is 0 Å². The molecule has 1 aromatic rings. The lowest BCUT2D eigenvalue weighted by atomic mass is 9.92. The zero-order valence-corrected chi connectivity index (χ0v) is 19.7. The number of alkyl carbamates (subject to hydrolysis) is 1. The number of rotatable bonds is 5. The largest absolute Gasteiger partial charge is 0.534 e. The monoisotopic (exact) mass is 563 g/mol. The number of benzene rings is 1. The number of carbonyl (C=O) groups is 2. The molecular weight excluding hydrogens is 544 g/mol. The first-order valence-corrected chi connectivity index (χ1v) is 11.5. The van der Waals surface area contributed by atoms with Gasteiger partial charge in [0.1, 0.15) is 11.4 Å². The lowest BCUT2D eigenvalue weighted by Gasteiger charge is -2.29. The number of amides is 1. The summed E-state index contributed by atoms with van der Waals surface area (Å²) in [5, 5.41) is 11.6. The Labute approximate surface area is 194 Å². The first-order chi connectivity index (χ1) is 15.2. The molecular formula is C16H19F6NO10S2. The Morgan fingerprint density at radius 1 is 0.857 bits per heavy atom. The molecule has 1 atom stereocenters. The van der Waals surface area contributed by atoms with Crippen LogP contribution in [-0.4, -0.2) is 55.2 Å². The first-order valence-electron chi connectivity index (χ1n) is 8.62. The molecule has 1 rings (SSSR count). The fourth-order valence-electron chi connectivity index (χ4n) is 1.77. The number of aliphatic carboxylic acids is 1. The summed E-state index contributed by atoms with van der Waals surface area (Å²) in [6.07, 6.45) is -1.03. The molecule has 0 saturated heterocycles. The van der Waals surface area contributed by atoms with Crippen molar-refractivity contribution in [2.24, 2.45) is 0 Å². The van der Waals surface area contributed by atoms with Gasteiger partial charge in [-0.3, -0.25) is 4.55 Å². The van der Waals surface area contributed by atoms with E-state index in [9.17, 15) is 49.5 Å². The van der Waals surface area contributed by atoms with Crippen molar-refractivity contribution in [3.8, 4) is 5.75 Å². The summed E-state index contributed by atoms with van der Waals surface area (Å²) >= 11 is 0. The number of carboxylic acid groups (broad SMARTS) is 1. The lowest BCUT2D eigenvalue weighted by Crippen LogP contribution is -2.51. The van der Waals surface area contributed by atoms with E-state index in [4.69, 9.17) is 17.7 Å². The first kappa shape index (κ1) is 32.2. The third kappa shape index (κ3) is 9.76. The predicted octanol–water partition coefficient (Wildman–Crippen LogP) is 3.13. The number of ether oxygens (including phenoxy) is 1. The molecule has 0 aliphatic rings. The van der Waals surface area contributed by atoms with Gasteiger partial charge in [-0.15, -0.1) is 0 Å². The molecule has 35 heavy (non-hydrogen) atoms. The summed E-state index contributed by atoms with van der Waals surface area (Å²) in [4.78, 5) is 23.5. The van der Waals surface area contributed by atoms with Crippen LogP contribution >= 0.6 is 0 Å². The summed E-state index contributed by atoms with van der Waals surface area (Å²) < 4.78 is 125. The zero-order valence-electron chi connectivity index (χ0n) is 18.1. The van der Waals surface area contributed by atoms with Crippen molar-refractivity contribution in [3.63, 3.8) is 0 Å². The molecule has 11 nitrogen and oxygen atoms in total. The Hall–Kier alpha value is -2.80. The summed E-state index contributed by atoms with van der Waals surface area (Å²) in [7, 11) is -11.7. The van der Waals surface area contributed by atoms with Gasteiger partial charge in [-0.1, -0.05) is 12.1 Å². The number of hydrogen-bond donors (Lipinski definition) is 3. The Balaban J connectivity index is 0.00000124. The molecule has 1 amide bonds. The van der Waals surface area contributed by atoms with E-state index in [2.05, 4.69) is 9.50 Å². The predicted molar refractivity (Wildman–Crippen MR) is 104 cm³/mol. The maximum atomic E-state index is 12.3. The van der Waals surface area contributed by atoms with Gasteiger partial charge >= 0.3 is 43.3 Å². The Morgan fingerprint density at radius 2 is 1.26 bits per heavy atom. The number of alkyl halides is 6. The van der Waals surface area contributed by atoms with Gasteiger partial charge < -0.3 is 19.3 Å². The molecule has 0 bridgehead atoms. The van der Waals surface area contributed by atoms with Gasteiger partial charge in [0, 0.05) is 0 Å². The minimum absolute atomic E-state index is 0.0578. The number of nitrogens with one attached hydrogen (secondary N) is 1. The van der Waals surface area contributed by atoms with Gasteiger partial charge in [-0.05, 0) is 45.4 Å². The van der Waals surface area contributed by atoms with Crippen LogP contribution in [0.15, 0.2) is 24.3 Å². The molecule has 0 saturated carbocycles. The average molecular weight is 563 g/mol. The van der Waals surface area contributed by atoms with Crippen LogP contribution in [0.1, 0.15) is 33.3 Å². The lowest BCUT2D eigenvalue weighted by molar-refractivity contribution is -0.144. The van der Waals surface area contributed by atoms with Gasteiger partial charge in [0.25, 0.3) is 0 Å². The van der Waals surface area contributed by atoms with Crippen molar-refractivity contribution in [2.45, 2.75) is 49.9 Å². The minimum Gasteiger partial charge on any atom is -0.479 e. The van der Waals surface area contributed by atoms with E-state index in [0.29, 0.717) is 0 Å². The topological polar surface area (TPSA) is 173 Å². The smallest absolute Gasteiger partial charge is 0.479 e. The Morgan fingerprint density at radius 3 is 1.54 bits per heavy atom. The second-order valence-electron chi connectivity index (χ2n) is 7.49. The maximum Gasteiger partial charge on any atom is 0.534 e. The van der Waals surface area contributed by atoms with E-state index >= 15 is 0 Å². The minimum atomic E-state index is -5.86. The Bertz CT molecular complexity index is 1120. The van der Waals surface area contributed by atoms with Crippen molar-refractivity contribution < 1.29 is 71.3 Å². The van der Waals surface area contributed by atoms with Gasteiger partial charge in [0.05, 0.1) is 0 Å². The highest BCUT2D eigenvalue weighted by Crippen LogP contribution is 2.29. The van der Waals surface area contributed by atoms with Crippen molar-refractivity contribution in [1.82, 2.24) is 5.32 Å². The maximum absolute atomic E-state index is 12.3. The summed E-state index contributed by atoms with van der Waals surface area (Å²) in [5.41, 5.74) is -14.1. The van der Waals surface area contributed by atoms with Crippen LogP contribution in [0.5, 0.6) is 5.75 Å². The van der Waals surface area contributed by atoms with E-state index in [1.165, 1.54) is 0 Å². The van der Waals surface area contributed by atoms with Crippen LogP contribution in [0, 0.1) is 0 Å². The van der Waals surface area contributed by atoms with Gasteiger partial charge in [-0.2, -0.15) is 43.2 Å². The molecule has 202 valence electrons. The molecule has 0 unspecified atom stereocenters. The van der Waals surface area contributed by atoms with Crippen molar-refractivity contribution in [1.29, 1.82) is 0 Å². The normalized spacial score (nSPS) is 14.6. The van der Waals surface area contributed by atoms with Crippen LogP contribution < -0.4 is 9.50 Å². The fraction of sp³-hybridized carbons (Fsp3) is 0.500. The van der Waals surface area contributed by atoms with Crippen molar-refractivity contribution in [3.05, 3.63) is 29.8 Å². The number of carbonyl (C=O) groups excluding carboxylic acids is 1. The third-order valence-electron chi connectivity index (χ3n) is 3.39. The molecule has 0 radical (unpaired) electrons. The van der Waals surface area contributed by atoms with Crippen LogP contribution in [0.25, 0.3) is 0 Å². The summed E-state index contributed by atoms with van der Waals surface area (Å²) in [6.45, 7) is 5.83. The molecule has 0 heterocycles. The molecule has 0 fully saturated rings. The van der Waals surface area contributed by atoms with Crippen LogP contribution in [-0.2, 0) is 35.3 Å². The zero-order chi connectivity index (χ0) is 28.3. The van der Waals surface area contributed by atoms with Crippen molar-refractivity contribution in [2.75, 3.05) is 0 Å². The Kier molecular flexibility index (Phi) is 9.61. The third-order valence-corrected chi connectivity index (χ3v) is 4.96. The number of carboxylic acids is 1. The van der Waals surface area contributed by atoms with E-state index in [-0.39, 0.29) is 5.56 Å². The summed E-state index contributed by atoms with van der Waals surface area (Å²) in [6, 6.07) is 3.67. The van der Waals surface area contributed by atoms with Crippen LogP contribution in [0.2, 0.25) is 0 Å². The molecule has 0 aliphatic carbocycles. The van der Waals surface area contributed by atoms with E-state index < -0.39 is 60.2 Å². The van der Waals surface area contributed by atoms with Gasteiger partial charge in [-0.25, -0.2) is 9.59 Å². The second kappa shape index (κ2) is 10.4. The molecule has 1 aromatic carbocycles. The fourth-order valence-corrected chi connectivity index (χ4v) is 2.23. The average Bonchev–Trinajstić information content (AvgIpc) is 2.57. The summed E-state index contributed by atoms with van der Waals surface area (Å²) in [5.74, 6) is -2.16. The highest BCUT2D eigenvalue weighted by molar-refractivity contribution is 7.88. The van der Waals surface area contributed by atoms with E-state index in [0.717, 1.165) is 31.2 Å². The molecule has 3 N–H and O–H groups in total. The molecule has 0 aliphatic heterocycles. The number of hydrogen-bond acceptors (Lipinski definition) is 8. The quantitative estimate of drug-likeness (QED) is 0.209. The van der Waals surface area contributed by atoms with Crippen molar-refractivity contribution >= 4 is 32.3 Å². The molecule has 19 heteroatoms. The highest BCUT2D eigenvalue weighted by atomic mass is 32.2. The highest BCUT2D eigenvalue weighted by Gasteiger charge is 2.48. The molecule has 0 aromatic heterocycles. The standard InChI is InChI=1S/C15H18F3NO7S.CHF3O3S/c1-13(2,3)25-12(22)19-14(4,11(20)21)9-5-7-10(8-6-9)26-27(23,24)15(16,17)18;2-1(3,4)8(5,6)7/h5-8H,1-4H3,(H,19,22)(H,20,21);(H,5,6,7)/t14-;/m1./s1. The number of halogens is 6. The van der Waals surface area contributed by atoms with Gasteiger partial charge in [0.2, 0.25) is 0 Å². The van der Waals surface area contributed by atoms with E-state index in [1.807, 2.05) is 0 Å². The molecule has 0 spiro atoms. The van der Waals surface area contributed by atoms with E-state index in [1.54, 1.807) is 20.8 Å².